The number of nitrogens with zero attached hydrogens (tertiary/aromatic N) is 4. The Morgan fingerprint density at radius 1 is 1.11 bits per heavy atom. The molecule has 36 heavy (non-hydrogen) atoms. The van der Waals surface area contributed by atoms with Gasteiger partial charge in [0.15, 0.2) is 0 Å². The molecule has 3 atom stereocenters. The Kier molecular flexibility index (Phi) is 7.44. The van der Waals surface area contributed by atoms with E-state index in [2.05, 4.69) is 22.2 Å². The van der Waals surface area contributed by atoms with E-state index in [4.69, 9.17) is 14.2 Å². The summed E-state index contributed by atoms with van der Waals surface area (Å²) in [4.78, 5) is 50.2. The van der Waals surface area contributed by atoms with E-state index in [1.54, 1.807) is 10.9 Å². The van der Waals surface area contributed by atoms with Gasteiger partial charge in [0, 0.05) is 26.5 Å². The molecule has 0 spiro atoms. The van der Waals surface area contributed by atoms with E-state index in [1.165, 1.54) is 30.2 Å². The maximum Gasteiger partial charge on any atom is 0.330 e. The average molecular weight is 498 g/mol. The van der Waals surface area contributed by atoms with Gasteiger partial charge in [-0.05, 0) is 17.5 Å². The molecule has 12 heteroatoms. The van der Waals surface area contributed by atoms with E-state index < -0.39 is 41.6 Å². The summed E-state index contributed by atoms with van der Waals surface area (Å²) >= 11 is 0. The lowest BCUT2D eigenvalue weighted by Gasteiger charge is -2.17. The molecular weight excluding hydrogens is 470 g/mol. The number of aryl methyl sites for hydroxylation is 1. The number of carbonyl (C=O) groups excluding carboxylic acids is 2. The number of ether oxygens (including phenoxy) is 3. The molecule has 1 aliphatic heterocycles. The van der Waals surface area contributed by atoms with E-state index in [0.29, 0.717) is 6.54 Å². The van der Waals surface area contributed by atoms with Crippen molar-refractivity contribution in [3.63, 3.8) is 0 Å². The molecule has 3 heterocycles. The lowest BCUT2D eigenvalue weighted by Crippen LogP contribution is -2.33. The molecule has 0 aliphatic carbocycles. The van der Waals surface area contributed by atoms with E-state index in [9.17, 15) is 19.2 Å². The molecule has 4 rings (SSSR count). The SMILES string of the molecule is CCc1ccc(Cn2cc(-c3cn([C@H]4C[C@H](OC(C)=O)[C@@H](COC(C)=O)O4)c(=O)[nH]c3=O)nn2)cc1. The van der Waals surface area contributed by atoms with Crippen LogP contribution in [0.5, 0.6) is 0 Å². The third-order valence-electron chi connectivity index (χ3n) is 5.82. The largest absolute Gasteiger partial charge is 0.463 e. The second-order valence-corrected chi connectivity index (χ2v) is 8.50. The Balaban J connectivity index is 1.57. The molecule has 1 N–H and O–H groups in total. The van der Waals surface area contributed by atoms with Gasteiger partial charge >= 0.3 is 17.6 Å². The quantitative estimate of drug-likeness (QED) is 0.453. The fraction of sp³-hybridized carbons (Fsp3) is 0.417. The van der Waals surface area contributed by atoms with Gasteiger partial charge in [-0.15, -0.1) is 5.10 Å². The van der Waals surface area contributed by atoms with Gasteiger partial charge in [0.25, 0.3) is 5.56 Å². The average Bonchev–Trinajstić information content (AvgIpc) is 3.45. The molecule has 0 amide bonds. The number of benzene rings is 1. The van der Waals surface area contributed by atoms with Crippen LogP contribution in [0.4, 0.5) is 0 Å². The van der Waals surface area contributed by atoms with Gasteiger partial charge < -0.3 is 14.2 Å². The highest BCUT2D eigenvalue weighted by atomic mass is 16.6. The highest BCUT2D eigenvalue weighted by Gasteiger charge is 2.39. The second kappa shape index (κ2) is 10.7. The van der Waals surface area contributed by atoms with Crippen LogP contribution in [0.1, 0.15) is 44.5 Å². The van der Waals surface area contributed by atoms with Gasteiger partial charge in [-0.1, -0.05) is 36.4 Å². The number of carbonyl (C=O) groups is 2. The topological polar surface area (TPSA) is 147 Å². The first kappa shape index (κ1) is 25.0. The van der Waals surface area contributed by atoms with Gasteiger partial charge in [-0.25, -0.2) is 9.48 Å². The molecule has 12 nitrogen and oxygen atoms in total. The van der Waals surface area contributed by atoms with Crippen molar-refractivity contribution in [2.45, 2.75) is 58.6 Å². The van der Waals surface area contributed by atoms with Crippen molar-refractivity contribution in [2.75, 3.05) is 6.61 Å². The molecular formula is C24H27N5O7. The molecule has 190 valence electrons. The van der Waals surface area contributed by atoms with Gasteiger partial charge in [0.2, 0.25) is 0 Å². The number of H-pyrrole nitrogens is 1. The number of hydrogen-bond acceptors (Lipinski definition) is 9. The highest BCUT2D eigenvalue weighted by Crippen LogP contribution is 2.30. The monoisotopic (exact) mass is 497 g/mol. The lowest BCUT2D eigenvalue weighted by atomic mass is 10.1. The van der Waals surface area contributed by atoms with Crippen LogP contribution >= 0.6 is 0 Å². The van der Waals surface area contributed by atoms with E-state index in [-0.39, 0.29) is 24.3 Å². The summed E-state index contributed by atoms with van der Waals surface area (Å²) in [6.45, 7) is 4.90. The van der Waals surface area contributed by atoms with Crippen LogP contribution in [0.3, 0.4) is 0 Å². The Hall–Kier alpha value is -4.06. The maximum atomic E-state index is 12.6. The first-order valence-electron chi connectivity index (χ1n) is 11.5. The Labute approximate surface area is 205 Å². The Morgan fingerprint density at radius 2 is 1.83 bits per heavy atom. The molecule has 0 radical (unpaired) electrons. The molecule has 0 unspecified atom stereocenters. The predicted octanol–water partition coefficient (Wildman–Crippen LogP) is 1.19. The van der Waals surface area contributed by atoms with Gasteiger partial charge in [0.05, 0.1) is 18.3 Å². The van der Waals surface area contributed by atoms with Crippen molar-refractivity contribution in [3.8, 4) is 11.3 Å². The van der Waals surface area contributed by atoms with Crippen LogP contribution in [-0.2, 0) is 36.8 Å². The third kappa shape index (κ3) is 5.77. The first-order valence-corrected chi connectivity index (χ1v) is 11.5. The van der Waals surface area contributed by atoms with Crippen molar-refractivity contribution in [3.05, 3.63) is 68.6 Å². The summed E-state index contributed by atoms with van der Waals surface area (Å²) in [5, 5.41) is 8.21. The number of esters is 2. The fourth-order valence-corrected chi connectivity index (χ4v) is 4.01. The smallest absolute Gasteiger partial charge is 0.330 e. The number of hydrogen-bond donors (Lipinski definition) is 1. The molecule has 0 saturated carbocycles. The third-order valence-corrected chi connectivity index (χ3v) is 5.82. The summed E-state index contributed by atoms with van der Waals surface area (Å²) < 4.78 is 19.0. The number of aromatic amines is 1. The zero-order chi connectivity index (χ0) is 25.8. The molecule has 2 aromatic heterocycles. The lowest BCUT2D eigenvalue weighted by molar-refractivity contribution is -0.155. The molecule has 3 aromatic rings. The van der Waals surface area contributed by atoms with Crippen molar-refractivity contribution >= 4 is 11.9 Å². The van der Waals surface area contributed by atoms with Crippen LogP contribution in [0.25, 0.3) is 11.3 Å². The Morgan fingerprint density at radius 3 is 2.50 bits per heavy atom. The zero-order valence-corrected chi connectivity index (χ0v) is 20.2. The molecule has 1 aliphatic rings. The fourth-order valence-electron chi connectivity index (χ4n) is 4.01. The van der Waals surface area contributed by atoms with Crippen LogP contribution in [-0.4, -0.2) is 55.3 Å². The summed E-state index contributed by atoms with van der Waals surface area (Å²) in [5.74, 6) is -1.05. The molecule has 1 saturated heterocycles. The minimum atomic E-state index is -0.870. The van der Waals surface area contributed by atoms with Crippen LogP contribution in [0.2, 0.25) is 0 Å². The zero-order valence-electron chi connectivity index (χ0n) is 20.2. The van der Waals surface area contributed by atoms with E-state index in [0.717, 1.165) is 12.0 Å². The summed E-state index contributed by atoms with van der Waals surface area (Å²) in [6, 6.07) is 8.12. The maximum absolute atomic E-state index is 12.6. The number of nitrogens with one attached hydrogen (secondary N) is 1. The minimum absolute atomic E-state index is 0.122. The standard InChI is InChI=1S/C24H27N5O7/c1-4-16-5-7-17(8-6-16)10-28-12-19(26-27-28)18-11-29(24(33)25-23(18)32)22-9-20(35-15(3)31)21(36-22)13-34-14(2)30/h5-8,11-12,20-22H,4,9-10,13H2,1-3H3,(H,25,32,33)/t20-,21+,22+/m0/s1. The van der Waals surface area contributed by atoms with Gasteiger partial charge in [0.1, 0.15) is 30.7 Å². The Bertz CT molecular complexity index is 1360. The summed E-state index contributed by atoms with van der Waals surface area (Å²) in [6.07, 6.45) is 1.65. The minimum Gasteiger partial charge on any atom is -0.463 e. The summed E-state index contributed by atoms with van der Waals surface area (Å²) in [7, 11) is 0. The molecule has 1 fully saturated rings. The van der Waals surface area contributed by atoms with Gasteiger partial charge in [-0.3, -0.25) is 23.9 Å². The van der Waals surface area contributed by atoms with Crippen molar-refractivity contribution in [2.24, 2.45) is 0 Å². The highest BCUT2D eigenvalue weighted by molar-refractivity contribution is 5.66. The van der Waals surface area contributed by atoms with E-state index in [1.807, 2.05) is 24.3 Å². The van der Waals surface area contributed by atoms with Crippen LogP contribution in [0.15, 0.2) is 46.2 Å². The normalized spacial score (nSPS) is 19.2. The van der Waals surface area contributed by atoms with Gasteiger partial charge in [-0.2, -0.15) is 0 Å². The number of rotatable bonds is 8. The van der Waals surface area contributed by atoms with Crippen molar-refractivity contribution in [1.29, 1.82) is 0 Å². The van der Waals surface area contributed by atoms with E-state index >= 15 is 0 Å². The van der Waals surface area contributed by atoms with Crippen molar-refractivity contribution in [1.82, 2.24) is 24.5 Å². The first-order chi connectivity index (χ1) is 17.2. The molecule has 0 bridgehead atoms. The second-order valence-electron chi connectivity index (χ2n) is 8.50. The summed E-state index contributed by atoms with van der Waals surface area (Å²) in [5.41, 5.74) is 1.33. The van der Waals surface area contributed by atoms with Crippen molar-refractivity contribution < 1.29 is 23.8 Å². The number of aromatic nitrogens is 5. The predicted molar refractivity (Wildman–Crippen MR) is 126 cm³/mol. The van der Waals surface area contributed by atoms with Crippen LogP contribution < -0.4 is 11.2 Å². The molecule has 1 aromatic carbocycles. The van der Waals surface area contributed by atoms with Crippen LogP contribution in [0, 0.1) is 0 Å².